The van der Waals surface area contributed by atoms with Crippen molar-refractivity contribution in [1.29, 1.82) is 0 Å². The summed E-state index contributed by atoms with van der Waals surface area (Å²) in [5.41, 5.74) is -0.162. The Kier molecular flexibility index (Phi) is 3.40. The smallest absolute Gasteiger partial charge is 0.252 e. The molecule has 0 atom stereocenters. The molecule has 18 heavy (non-hydrogen) atoms. The molecule has 0 amide bonds. The van der Waals surface area contributed by atoms with Gasteiger partial charge in [0.2, 0.25) is 0 Å². The second-order valence-electron chi connectivity index (χ2n) is 4.36. The minimum Gasteiger partial charge on any atom is -0.362 e. The molecule has 7 heteroatoms. The number of hydrogen-bond acceptors (Lipinski definition) is 5. The number of hydrogen-bond donors (Lipinski definition) is 2. The van der Waals surface area contributed by atoms with E-state index >= 15 is 0 Å². The highest BCUT2D eigenvalue weighted by molar-refractivity contribution is 5.33. The average Bonchev–Trinajstić information content (AvgIpc) is 2.72. The maximum atomic E-state index is 11.5. The number of H-pyrrole nitrogens is 1. The lowest BCUT2D eigenvalue weighted by molar-refractivity contribution is 0.744. The Morgan fingerprint density at radius 3 is 2.89 bits per heavy atom. The number of nitrogens with zero attached hydrogens (tertiary/aromatic N) is 4. The summed E-state index contributed by atoms with van der Waals surface area (Å²) in [5, 5.41) is 7.18. The molecule has 2 aromatic heterocycles. The fraction of sp³-hybridized carbons (Fsp3) is 0.455. The van der Waals surface area contributed by atoms with Crippen molar-refractivity contribution in [2.24, 2.45) is 7.05 Å². The molecule has 0 bridgehead atoms. The first-order chi connectivity index (χ1) is 8.54. The van der Waals surface area contributed by atoms with Crippen molar-refractivity contribution in [1.82, 2.24) is 24.7 Å². The monoisotopic (exact) mass is 248 g/mol. The molecular formula is C11H16N6O. The lowest BCUT2D eigenvalue weighted by Gasteiger charge is -2.07. The Hall–Kier alpha value is -2.18. The van der Waals surface area contributed by atoms with Gasteiger partial charge in [-0.25, -0.2) is 9.97 Å². The van der Waals surface area contributed by atoms with E-state index in [1.807, 2.05) is 13.8 Å². The van der Waals surface area contributed by atoms with Crippen molar-refractivity contribution in [2.75, 3.05) is 5.32 Å². The summed E-state index contributed by atoms with van der Waals surface area (Å²) in [6.45, 7) is 4.39. The van der Waals surface area contributed by atoms with Crippen LogP contribution in [0, 0.1) is 0 Å². The van der Waals surface area contributed by atoms with Gasteiger partial charge in [0.25, 0.3) is 5.56 Å². The first-order valence-electron chi connectivity index (χ1n) is 5.74. The maximum Gasteiger partial charge on any atom is 0.252 e. The van der Waals surface area contributed by atoms with Gasteiger partial charge in [-0.3, -0.25) is 9.48 Å². The van der Waals surface area contributed by atoms with Gasteiger partial charge >= 0.3 is 0 Å². The summed E-state index contributed by atoms with van der Waals surface area (Å²) in [5.74, 6) is 2.03. The number of rotatable bonds is 4. The Morgan fingerprint density at radius 1 is 1.50 bits per heavy atom. The molecule has 0 saturated heterocycles. The molecule has 2 N–H and O–H groups in total. The SMILES string of the molecule is CC(C)c1nc(NCc2ncn(C)n2)cc(=O)[nH]1. The van der Waals surface area contributed by atoms with Gasteiger partial charge in [0.1, 0.15) is 18.0 Å². The van der Waals surface area contributed by atoms with E-state index in [1.54, 1.807) is 18.1 Å². The molecule has 96 valence electrons. The Bertz CT molecular complexity index is 585. The predicted octanol–water partition coefficient (Wildman–Crippen LogP) is 0.634. The first-order valence-corrected chi connectivity index (χ1v) is 5.74. The third-order valence-corrected chi connectivity index (χ3v) is 2.38. The molecule has 0 aliphatic carbocycles. The van der Waals surface area contributed by atoms with Crippen molar-refractivity contribution in [3.8, 4) is 0 Å². The number of aromatic amines is 1. The van der Waals surface area contributed by atoms with Crippen LogP contribution in [0.4, 0.5) is 5.82 Å². The zero-order valence-corrected chi connectivity index (χ0v) is 10.6. The quantitative estimate of drug-likeness (QED) is 0.828. The van der Waals surface area contributed by atoms with E-state index in [0.717, 1.165) is 0 Å². The summed E-state index contributed by atoms with van der Waals surface area (Å²) >= 11 is 0. The molecule has 2 aromatic rings. The first kappa shape index (κ1) is 12.3. The molecule has 0 spiro atoms. The van der Waals surface area contributed by atoms with Crippen LogP contribution in [0.5, 0.6) is 0 Å². The van der Waals surface area contributed by atoms with Crippen LogP contribution in [-0.4, -0.2) is 24.7 Å². The molecule has 0 saturated carbocycles. The molecule has 2 rings (SSSR count). The van der Waals surface area contributed by atoms with Crippen LogP contribution in [0.2, 0.25) is 0 Å². The van der Waals surface area contributed by atoms with Crippen molar-refractivity contribution in [3.05, 3.63) is 34.4 Å². The van der Waals surface area contributed by atoms with Gasteiger partial charge < -0.3 is 10.3 Å². The molecular weight excluding hydrogens is 232 g/mol. The van der Waals surface area contributed by atoms with E-state index in [2.05, 4.69) is 25.4 Å². The number of anilines is 1. The standard InChI is InChI=1S/C11H16N6O/c1-7(2)11-14-8(4-10(18)15-11)12-5-9-13-6-17(3)16-9/h4,6-7H,5H2,1-3H3,(H2,12,14,15,18). The zero-order chi connectivity index (χ0) is 13.1. The van der Waals surface area contributed by atoms with Crippen molar-refractivity contribution in [3.63, 3.8) is 0 Å². The molecule has 0 aromatic carbocycles. The topological polar surface area (TPSA) is 88.5 Å². The van der Waals surface area contributed by atoms with Gasteiger partial charge in [-0.1, -0.05) is 13.8 Å². The fourth-order valence-electron chi connectivity index (χ4n) is 1.48. The normalized spacial score (nSPS) is 10.9. The average molecular weight is 248 g/mol. The summed E-state index contributed by atoms with van der Waals surface area (Å²) in [6.07, 6.45) is 1.63. The summed E-state index contributed by atoms with van der Waals surface area (Å²) < 4.78 is 1.63. The van der Waals surface area contributed by atoms with Crippen LogP contribution in [0.25, 0.3) is 0 Å². The third kappa shape index (κ3) is 2.93. The molecule has 2 heterocycles. The zero-order valence-electron chi connectivity index (χ0n) is 10.6. The minimum atomic E-state index is -0.162. The van der Waals surface area contributed by atoms with Crippen LogP contribution < -0.4 is 10.9 Å². The lowest BCUT2D eigenvalue weighted by atomic mass is 10.2. The molecule has 0 aliphatic rings. The molecule has 0 unspecified atom stereocenters. The highest BCUT2D eigenvalue weighted by Gasteiger charge is 2.05. The molecule has 0 aliphatic heterocycles. The van der Waals surface area contributed by atoms with Gasteiger partial charge in [-0.05, 0) is 0 Å². The highest BCUT2D eigenvalue weighted by Crippen LogP contribution is 2.09. The second-order valence-corrected chi connectivity index (χ2v) is 4.36. The van der Waals surface area contributed by atoms with E-state index in [-0.39, 0.29) is 11.5 Å². The number of aryl methyl sites for hydroxylation is 1. The fourth-order valence-corrected chi connectivity index (χ4v) is 1.48. The minimum absolute atomic E-state index is 0.162. The van der Waals surface area contributed by atoms with Gasteiger partial charge in [-0.15, -0.1) is 0 Å². The lowest BCUT2D eigenvalue weighted by Crippen LogP contribution is -2.14. The van der Waals surface area contributed by atoms with E-state index in [0.29, 0.717) is 24.0 Å². The van der Waals surface area contributed by atoms with Crippen molar-refractivity contribution in [2.45, 2.75) is 26.3 Å². The predicted molar refractivity (Wildman–Crippen MR) is 67.3 cm³/mol. The molecule has 0 radical (unpaired) electrons. The van der Waals surface area contributed by atoms with E-state index < -0.39 is 0 Å². The number of aromatic nitrogens is 5. The molecule has 7 nitrogen and oxygen atoms in total. The van der Waals surface area contributed by atoms with E-state index in [4.69, 9.17) is 0 Å². The van der Waals surface area contributed by atoms with Crippen LogP contribution in [0.3, 0.4) is 0 Å². The van der Waals surface area contributed by atoms with Gasteiger partial charge in [0.15, 0.2) is 5.82 Å². The Labute approximate surface area is 104 Å². The Balaban J connectivity index is 2.11. The third-order valence-electron chi connectivity index (χ3n) is 2.38. The van der Waals surface area contributed by atoms with Crippen molar-refractivity contribution < 1.29 is 0 Å². The van der Waals surface area contributed by atoms with E-state index in [9.17, 15) is 4.79 Å². The van der Waals surface area contributed by atoms with Gasteiger partial charge in [0, 0.05) is 19.0 Å². The summed E-state index contributed by atoms with van der Waals surface area (Å²) in [4.78, 5) is 22.6. The van der Waals surface area contributed by atoms with E-state index in [1.165, 1.54) is 6.07 Å². The maximum absolute atomic E-state index is 11.5. The summed E-state index contributed by atoms with van der Waals surface area (Å²) in [6, 6.07) is 1.43. The van der Waals surface area contributed by atoms with Gasteiger partial charge in [0.05, 0.1) is 6.54 Å². The van der Waals surface area contributed by atoms with Crippen molar-refractivity contribution >= 4 is 5.82 Å². The largest absolute Gasteiger partial charge is 0.362 e. The molecule has 0 fully saturated rings. The Morgan fingerprint density at radius 2 is 2.28 bits per heavy atom. The van der Waals surface area contributed by atoms with Crippen LogP contribution in [0.15, 0.2) is 17.2 Å². The van der Waals surface area contributed by atoms with Crippen LogP contribution in [0.1, 0.15) is 31.4 Å². The second kappa shape index (κ2) is 4.99. The summed E-state index contributed by atoms with van der Waals surface area (Å²) in [7, 11) is 1.80. The van der Waals surface area contributed by atoms with Crippen LogP contribution >= 0.6 is 0 Å². The van der Waals surface area contributed by atoms with Crippen LogP contribution in [-0.2, 0) is 13.6 Å². The highest BCUT2D eigenvalue weighted by atomic mass is 16.1. The number of nitrogens with one attached hydrogen (secondary N) is 2. The van der Waals surface area contributed by atoms with Gasteiger partial charge in [-0.2, -0.15) is 5.10 Å².